The summed E-state index contributed by atoms with van der Waals surface area (Å²) in [6, 6.07) is 0. The predicted molar refractivity (Wildman–Crippen MR) is 77.1 cm³/mol. The molecule has 0 aliphatic carbocycles. The number of sulfone groups is 1. The van der Waals surface area contributed by atoms with Crippen LogP contribution < -0.4 is 5.32 Å². The normalized spacial score (nSPS) is 30.4. The molecule has 0 aromatic rings. The Morgan fingerprint density at radius 2 is 1.83 bits per heavy atom. The first-order valence-corrected chi connectivity index (χ1v) is 8.44. The second kappa shape index (κ2) is 7.08. The molecule has 0 bridgehead atoms. The lowest BCUT2D eigenvalue weighted by Gasteiger charge is -2.28. The van der Waals surface area contributed by atoms with Crippen LogP contribution in [0.5, 0.6) is 0 Å². The summed E-state index contributed by atoms with van der Waals surface area (Å²) in [6.07, 6.45) is 3.27. The molecule has 0 aromatic heterocycles. The zero-order valence-corrected chi connectivity index (χ0v) is 12.7. The summed E-state index contributed by atoms with van der Waals surface area (Å²) in [4.78, 5) is 2.36. The number of hydrogen-bond acceptors (Lipinski definition) is 4. The molecule has 2 aliphatic rings. The minimum absolute atomic E-state index is 0. The number of halogens is 1. The number of rotatable bonds is 2. The molecule has 0 saturated carbocycles. The molecule has 108 valence electrons. The molecule has 6 heteroatoms. The lowest BCUT2D eigenvalue weighted by Crippen LogP contribution is -2.37. The van der Waals surface area contributed by atoms with Gasteiger partial charge < -0.3 is 10.2 Å². The summed E-state index contributed by atoms with van der Waals surface area (Å²) in [6.45, 7) is 6.86. The van der Waals surface area contributed by atoms with Crippen molar-refractivity contribution < 1.29 is 8.42 Å². The maximum Gasteiger partial charge on any atom is 0.154 e. The van der Waals surface area contributed by atoms with Crippen molar-refractivity contribution in [3.05, 3.63) is 0 Å². The van der Waals surface area contributed by atoms with Gasteiger partial charge in [0, 0.05) is 13.1 Å². The maximum absolute atomic E-state index is 11.8. The molecular formula is C12H25ClN2O2S. The van der Waals surface area contributed by atoms with Gasteiger partial charge in [-0.1, -0.05) is 0 Å². The molecule has 2 heterocycles. The monoisotopic (exact) mass is 296 g/mol. The second-order valence-electron chi connectivity index (χ2n) is 5.46. The minimum atomic E-state index is -2.83. The lowest BCUT2D eigenvalue weighted by atomic mass is 9.97. The van der Waals surface area contributed by atoms with Crippen LogP contribution in [0.4, 0.5) is 0 Å². The van der Waals surface area contributed by atoms with Crippen molar-refractivity contribution in [1.29, 1.82) is 0 Å². The van der Waals surface area contributed by atoms with E-state index in [1.165, 1.54) is 12.8 Å². The predicted octanol–water partition coefficient (Wildman–Crippen LogP) is 0.917. The van der Waals surface area contributed by atoms with Gasteiger partial charge >= 0.3 is 0 Å². The van der Waals surface area contributed by atoms with Crippen LogP contribution in [0, 0.1) is 5.92 Å². The third-order valence-corrected chi connectivity index (χ3v) is 6.35. The zero-order valence-electron chi connectivity index (χ0n) is 11.1. The standard InChI is InChI=1S/C12H24N2O2S.ClH/c1-11-4-7-14(8-9-17(11,15)16)10-12-2-5-13-6-3-12;/h11-13H,2-10H2,1H3;1H. The molecule has 2 aliphatic heterocycles. The van der Waals surface area contributed by atoms with Gasteiger partial charge in [0.1, 0.15) is 0 Å². The fourth-order valence-electron chi connectivity index (χ4n) is 2.73. The fraction of sp³-hybridized carbons (Fsp3) is 1.00. The molecule has 2 saturated heterocycles. The first-order chi connectivity index (χ1) is 8.08. The van der Waals surface area contributed by atoms with Crippen LogP contribution in [0.2, 0.25) is 0 Å². The number of nitrogens with one attached hydrogen (secondary N) is 1. The number of nitrogens with zero attached hydrogens (tertiary/aromatic N) is 1. The van der Waals surface area contributed by atoms with Crippen molar-refractivity contribution in [2.24, 2.45) is 5.92 Å². The van der Waals surface area contributed by atoms with Crippen molar-refractivity contribution in [2.75, 3.05) is 38.5 Å². The van der Waals surface area contributed by atoms with E-state index < -0.39 is 9.84 Å². The molecule has 1 atom stereocenters. The largest absolute Gasteiger partial charge is 0.317 e. The van der Waals surface area contributed by atoms with Gasteiger partial charge in [-0.3, -0.25) is 0 Å². The molecule has 4 nitrogen and oxygen atoms in total. The van der Waals surface area contributed by atoms with Crippen LogP contribution >= 0.6 is 12.4 Å². The first-order valence-electron chi connectivity index (χ1n) is 6.72. The first kappa shape index (κ1) is 16.2. The molecular weight excluding hydrogens is 272 g/mol. The Hall–Kier alpha value is 0.160. The van der Waals surface area contributed by atoms with Crippen LogP contribution in [0.25, 0.3) is 0 Å². The summed E-state index contributed by atoms with van der Waals surface area (Å²) in [5.41, 5.74) is 0. The molecule has 0 radical (unpaired) electrons. The van der Waals surface area contributed by atoms with Crippen LogP contribution in [0.15, 0.2) is 0 Å². The molecule has 2 rings (SSSR count). The van der Waals surface area contributed by atoms with E-state index in [2.05, 4.69) is 10.2 Å². The van der Waals surface area contributed by atoms with E-state index in [-0.39, 0.29) is 17.7 Å². The van der Waals surface area contributed by atoms with Gasteiger partial charge in [0.15, 0.2) is 9.84 Å². The lowest BCUT2D eigenvalue weighted by molar-refractivity contribution is 0.216. The SMILES string of the molecule is CC1CCN(CC2CCNCC2)CCS1(=O)=O.Cl. The number of piperidine rings is 1. The van der Waals surface area contributed by atoms with Gasteiger partial charge in [-0.2, -0.15) is 0 Å². The highest BCUT2D eigenvalue weighted by Crippen LogP contribution is 2.17. The average molecular weight is 297 g/mol. The molecule has 2 fully saturated rings. The Labute approximate surface area is 117 Å². The number of hydrogen-bond donors (Lipinski definition) is 1. The minimum Gasteiger partial charge on any atom is -0.317 e. The van der Waals surface area contributed by atoms with Crippen LogP contribution in [0.1, 0.15) is 26.2 Å². The smallest absolute Gasteiger partial charge is 0.154 e. The van der Waals surface area contributed by atoms with E-state index in [1.54, 1.807) is 0 Å². The van der Waals surface area contributed by atoms with Crippen molar-refractivity contribution >= 4 is 22.2 Å². The molecule has 18 heavy (non-hydrogen) atoms. The van der Waals surface area contributed by atoms with Gasteiger partial charge in [-0.25, -0.2) is 8.42 Å². The topological polar surface area (TPSA) is 49.4 Å². The maximum atomic E-state index is 11.8. The van der Waals surface area contributed by atoms with Gasteiger partial charge in [0.2, 0.25) is 0 Å². The Kier molecular flexibility index (Phi) is 6.38. The zero-order chi connectivity index (χ0) is 12.3. The van der Waals surface area contributed by atoms with Crippen LogP contribution in [-0.2, 0) is 9.84 Å². The molecule has 1 unspecified atom stereocenters. The van der Waals surface area contributed by atoms with Crippen LogP contribution in [-0.4, -0.2) is 57.0 Å². The highest BCUT2D eigenvalue weighted by molar-refractivity contribution is 7.92. The van der Waals surface area contributed by atoms with Crippen molar-refractivity contribution in [3.63, 3.8) is 0 Å². The Bertz CT molecular complexity index is 342. The van der Waals surface area contributed by atoms with Gasteiger partial charge in [-0.15, -0.1) is 12.4 Å². The fourth-order valence-corrected chi connectivity index (χ4v) is 4.10. The summed E-state index contributed by atoms with van der Waals surface area (Å²) in [7, 11) is -2.83. The quantitative estimate of drug-likeness (QED) is 0.823. The van der Waals surface area contributed by atoms with E-state index in [1.807, 2.05) is 6.92 Å². The Morgan fingerprint density at radius 1 is 1.17 bits per heavy atom. The van der Waals surface area contributed by atoms with Gasteiger partial charge in [-0.05, 0) is 51.7 Å². The highest BCUT2D eigenvalue weighted by Gasteiger charge is 2.27. The second-order valence-corrected chi connectivity index (χ2v) is 8.00. The molecule has 0 amide bonds. The van der Waals surface area contributed by atoms with E-state index in [0.29, 0.717) is 5.75 Å². The van der Waals surface area contributed by atoms with Crippen molar-refractivity contribution in [3.8, 4) is 0 Å². The summed E-state index contributed by atoms with van der Waals surface area (Å²) in [5, 5.41) is 3.22. The Morgan fingerprint density at radius 3 is 2.50 bits per heavy atom. The average Bonchev–Trinajstić information content (AvgIpc) is 2.44. The third-order valence-electron chi connectivity index (χ3n) is 4.13. The van der Waals surface area contributed by atoms with E-state index in [0.717, 1.165) is 45.1 Å². The highest BCUT2D eigenvalue weighted by atomic mass is 35.5. The van der Waals surface area contributed by atoms with Crippen LogP contribution in [0.3, 0.4) is 0 Å². The molecule has 0 spiro atoms. The molecule has 0 aromatic carbocycles. The molecule has 1 N–H and O–H groups in total. The Balaban J connectivity index is 0.00000162. The van der Waals surface area contributed by atoms with E-state index in [9.17, 15) is 8.42 Å². The van der Waals surface area contributed by atoms with E-state index in [4.69, 9.17) is 0 Å². The van der Waals surface area contributed by atoms with E-state index >= 15 is 0 Å². The van der Waals surface area contributed by atoms with Gasteiger partial charge in [0.25, 0.3) is 0 Å². The third kappa shape index (κ3) is 4.37. The summed E-state index contributed by atoms with van der Waals surface area (Å²) < 4.78 is 23.6. The van der Waals surface area contributed by atoms with Crippen molar-refractivity contribution in [1.82, 2.24) is 10.2 Å². The summed E-state index contributed by atoms with van der Waals surface area (Å²) >= 11 is 0. The van der Waals surface area contributed by atoms with Crippen molar-refractivity contribution in [2.45, 2.75) is 31.4 Å². The van der Waals surface area contributed by atoms with Gasteiger partial charge in [0.05, 0.1) is 11.0 Å². The summed E-state index contributed by atoms with van der Waals surface area (Å²) in [5.74, 6) is 1.10.